The largest absolute Gasteiger partial charge is 0.310 e. The Bertz CT molecular complexity index is 2580. The third-order valence-electron chi connectivity index (χ3n) is 12.5. The number of hydrogen-bond donors (Lipinski definition) is 0. The fraction of sp³-hybridized carbons (Fsp3) is 0.234. The number of sulfone groups is 1. The van der Waals surface area contributed by atoms with Gasteiger partial charge in [0, 0.05) is 42.6 Å². The van der Waals surface area contributed by atoms with Crippen LogP contribution >= 0.6 is 11.3 Å². The average Bonchev–Trinajstić information content (AvgIpc) is 3.53. The molecule has 2 fully saturated rings. The van der Waals surface area contributed by atoms with Crippen molar-refractivity contribution < 1.29 is 8.42 Å². The highest BCUT2D eigenvalue weighted by Gasteiger charge is 2.59. The Kier molecular flexibility index (Phi) is 7.32. The van der Waals surface area contributed by atoms with Crippen molar-refractivity contribution in [3.05, 3.63) is 151 Å². The van der Waals surface area contributed by atoms with E-state index in [-0.39, 0.29) is 5.41 Å². The zero-order valence-corrected chi connectivity index (χ0v) is 31.1. The van der Waals surface area contributed by atoms with Crippen LogP contribution in [0, 0.1) is 23.7 Å². The number of hydrogen-bond acceptors (Lipinski definition) is 4. The lowest BCUT2D eigenvalue weighted by molar-refractivity contribution is 0.0231. The fourth-order valence-corrected chi connectivity index (χ4v) is 13.5. The zero-order valence-electron chi connectivity index (χ0n) is 29.5. The van der Waals surface area contributed by atoms with Crippen molar-refractivity contribution in [3.8, 4) is 11.1 Å². The molecule has 2 heterocycles. The molecule has 2 aliphatic carbocycles. The third kappa shape index (κ3) is 4.71. The van der Waals surface area contributed by atoms with E-state index in [0.29, 0.717) is 33.5 Å². The summed E-state index contributed by atoms with van der Waals surface area (Å²) < 4.78 is 32.1. The lowest BCUT2D eigenvalue weighted by Gasteiger charge is -2.59. The van der Waals surface area contributed by atoms with Crippen LogP contribution in [0.1, 0.15) is 50.7 Å². The molecular weight excluding hydrogens is 675 g/mol. The topological polar surface area (TPSA) is 37.4 Å². The Labute approximate surface area is 310 Å². The molecule has 0 atom stereocenters. The minimum absolute atomic E-state index is 0.288. The van der Waals surface area contributed by atoms with Crippen molar-refractivity contribution >= 4 is 58.4 Å². The molecular formula is C47H41NO2S2. The predicted octanol–water partition coefficient (Wildman–Crippen LogP) is 12.7. The lowest BCUT2D eigenvalue weighted by Crippen LogP contribution is -2.54. The number of fused-ring (bicyclic) bond motifs is 5. The molecule has 2 saturated carbocycles. The molecule has 1 aliphatic heterocycles. The van der Waals surface area contributed by atoms with Gasteiger partial charge in [-0.25, -0.2) is 8.42 Å². The highest BCUT2D eigenvalue weighted by Crippen LogP contribution is 2.64. The van der Waals surface area contributed by atoms with E-state index in [1.807, 2.05) is 53.8 Å². The van der Waals surface area contributed by atoms with Gasteiger partial charge in [-0.2, -0.15) is 0 Å². The smallest absolute Gasteiger partial charge is 0.207 e. The first-order valence-corrected chi connectivity index (χ1v) is 21.0. The standard InChI is InChI=1S/C47H41NO2S2/c1-30-24-34-26-31(2)27-35(25-30)47(34)41-13-7-9-15-45(41)52(49,50)46-29-38(21-23-42(46)47)48(36-10-4-3-5-11-36)37-19-16-32(17-20-37)33-18-22-40-39-12-6-8-14-43(39)51-44(40)28-33/h3-23,28-31,34-35H,24-27H2,1-2H3. The summed E-state index contributed by atoms with van der Waals surface area (Å²) in [5, 5.41) is 2.60. The Morgan fingerprint density at radius 2 is 1.12 bits per heavy atom. The lowest BCUT2D eigenvalue weighted by atomic mass is 9.46. The zero-order chi connectivity index (χ0) is 35.2. The number of para-hydroxylation sites is 1. The minimum Gasteiger partial charge on any atom is -0.310 e. The maximum absolute atomic E-state index is 14.8. The summed E-state index contributed by atoms with van der Waals surface area (Å²) in [5.74, 6) is 2.11. The maximum Gasteiger partial charge on any atom is 0.207 e. The first-order chi connectivity index (χ1) is 25.3. The fourth-order valence-electron chi connectivity index (χ4n) is 10.5. The van der Waals surface area contributed by atoms with Crippen LogP contribution in [0.3, 0.4) is 0 Å². The number of benzene rings is 6. The number of nitrogens with zero attached hydrogens (tertiary/aromatic N) is 1. The molecule has 1 aromatic heterocycles. The van der Waals surface area contributed by atoms with Gasteiger partial charge in [0.1, 0.15) is 0 Å². The van der Waals surface area contributed by atoms with Gasteiger partial charge in [-0.15, -0.1) is 11.3 Å². The van der Waals surface area contributed by atoms with Crippen LogP contribution in [-0.2, 0) is 15.3 Å². The SMILES string of the molecule is CC1CC2CC(C)CC(C1)C21c2ccccc2S(=O)(=O)c2cc(N(c3ccccc3)c3ccc(-c4ccc5c(c4)sc4ccccc45)cc3)ccc21. The van der Waals surface area contributed by atoms with Crippen LogP contribution in [0.4, 0.5) is 17.1 Å². The van der Waals surface area contributed by atoms with E-state index in [4.69, 9.17) is 0 Å². The van der Waals surface area contributed by atoms with Gasteiger partial charge in [-0.1, -0.05) is 98.8 Å². The Balaban J connectivity index is 1.11. The summed E-state index contributed by atoms with van der Waals surface area (Å²) in [5.41, 5.74) is 6.92. The van der Waals surface area contributed by atoms with Crippen molar-refractivity contribution in [2.75, 3.05) is 4.90 Å². The quantitative estimate of drug-likeness (QED) is 0.182. The van der Waals surface area contributed by atoms with Crippen LogP contribution < -0.4 is 4.90 Å². The number of rotatable bonds is 4. The van der Waals surface area contributed by atoms with Crippen molar-refractivity contribution in [1.82, 2.24) is 0 Å². The summed E-state index contributed by atoms with van der Waals surface area (Å²) in [6.07, 6.45) is 4.53. The molecule has 10 rings (SSSR count). The molecule has 0 saturated heterocycles. The predicted molar refractivity (Wildman–Crippen MR) is 216 cm³/mol. The first kappa shape index (κ1) is 32.0. The molecule has 7 aromatic rings. The van der Waals surface area contributed by atoms with E-state index in [1.54, 1.807) is 0 Å². The van der Waals surface area contributed by atoms with Gasteiger partial charge in [0.25, 0.3) is 0 Å². The first-order valence-electron chi connectivity index (χ1n) is 18.7. The Hall–Kier alpha value is -4.71. The Morgan fingerprint density at radius 3 is 1.87 bits per heavy atom. The molecule has 258 valence electrons. The second kappa shape index (κ2) is 11.9. The van der Waals surface area contributed by atoms with Gasteiger partial charge in [-0.3, -0.25) is 0 Å². The second-order valence-corrected chi connectivity index (χ2v) is 18.6. The molecule has 3 aliphatic rings. The third-order valence-corrected chi connectivity index (χ3v) is 15.5. The van der Waals surface area contributed by atoms with Crippen LogP contribution in [0.25, 0.3) is 31.3 Å². The van der Waals surface area contributed by atoms with Gasteiger partial charge in [-0.05, 0) is 126 Å². The number of anilines is 3. The van der Waals surface area contributed by atoms with E-state index in [0.717, 1.165) is 59.4 Å². The van der Waals surface area contributed by atoms with Crippen molar-refractivity contribution in [2.24, 2.45) is 23.7 Å². The van der Waals surface area contributed by atoms with E-state index in [2.05, 4.69) is 116 Å². The van der Waals surface area contributed by atoms with Crippen molar-refractivity contribution in [3.63, 3.8) is 0 Å². The van der Waals surface area contributed by atoms with Crippen LogP contribution in [0.5, 0.6) is 0 Å². The molecule has 0 radical (unpaired) electrons. The monoisotopic (exact) mass is 715 g/mol. The van der Waals surface area contributed by atoms with Crippen LogP contribution in [0.15, 0.2) is 149 Å². The molecule has 0 amide bonds. The average molecular weight is 716 g/mol. The molecule has 1 spiro atoms. The molecule has 2 bridgehead atoms. The van der Waals surface area contributed by atoms with Crippen molar-refractivity contribution in [2.45, 2.75) is 54.7 Å². The van der Waals surface area contributed by atoms with E-state index >= 15 is 0 Å². The summed E-state index contributed by atoms with van der Waals surface area (Å²) in [6.45, 7) is 4.79. The van der Waals surface area contributed by atoms with Gasteiger partial charge in [0.2, 0.25) is 9.84 Å². The van der Waals surface area contributed by atoms with Gasteiger partial charge >= 0.3 is 0 Å². The van der Waals surface area contributed by atoms with Crippen LogP contribution in [-0.4, -0.2) is 8.42 Å². The summed E-state index contributed by atoms with van der Waals surface area (Å²) >= 11 is 1.84. The summed E-state index contributed by atoms with van der Waals surface area (Å²) in [4.78, 5) is 3.19. The van der Waals surface area contributed by atoms with Crippen molar-refractivity contribution in [1.29, 1.82) is 0 Å². The van der Waals surface area contributed by atoms with E-state index in [1.165, 1.54) is 25.7 Å². The normalized spacial score (nSPS) is 24.4. The minimum atomic E-state index is -3.75. The van der Waals surface area contributed by atoms with E-state index < -0.39 is 9.84 Å². The molecule has 0 unspecified atom stereocenters. The molecule has 0 N–H and O–H groups in total. The highest BCUT2D eigenvalue weighted by molar-refractivity contribution is 7.91. The van der Waals surface area contributed by atoms with E-state index in [9.17, 15) is 8.42 Å². The van der Waals surface area contributed by atoms with Crippen LogP contribution in [0.2, 0.25) is 0 Å². The highest BCUT2D eigenvalue weighted by atomic mass is 32.2. The molecule has 5 heteroatoms. The Morgan fingerprint density at radius 1 is 0.538 bits per heavy atom. The molecule has 52 heavy (non-hydrogen) atoms. The maximum atomic E-state index is 14.8. The van der Waals surface area contributed by atoms with Gasteiger partial charge in [0.05, 0.1) is 9.79 Å². The van der Waals surface area contributed by atoms with Gasteiger partial charge in [0.15, 0.2) is 0 Å². The number of thiophene rings is 1. The summed E-state index contributed by atoms with van der Waals surface area (Å²) in [6, 6.07) is 48.7. The molecule has 6 aromatic carbocycles. The van der Waals surface area contributed by atoms with Gasteiger partial charge < -0.3 is 4.90 Å². The molecule has 3 nitrogen and oxygen atoms in total. The second-order valence-electron chi connectivity index (χ2n) is 15.6. The summed E-state index contributed by atoms with van der Waals surface area (Å²) in [7, 11) is -3.75.